The Morgan fingerprint density at radius 2 is 1.80 bits per heavy atom. The highest BCUT2D eigenvalue weighted by Gasteiger charge is 2.55. The second-order valence-corrected chi connectivity index (χ2v) is 6.44. The molecule has 3 atom stereocenters. The lowest BCUT2D eigenvalue weighted by molar-refractivity contribution is 0.428. The fraction of sp³-hybridized carbons (Fsp3) is 0.474. The topological polar surface area (TPSA) is 12.0 Å². The second kappa shape index (κ2) is 4.89. The van der Waals surface area contributed by atoms with Crippen LogP contribution in [0.4, 0.5) is 0 Å². The first kappa shape index (κ1) is 12.4. The van der Waals surface area contributed by atoms with Gasteiger partial charge < -0.3 is 5.32 Å². The van der Waals surface area contributed by atoms with Crippen LogP contribution in [0.5, 0.6) is 0 Å². The standard InChI is InChI=1S/C19H23N/c1-2-20-19(18-15-10-6-11-16(15)18)17-12-5-8-13-7-3-4-9-14(13)17/h3-5,7-9,12,15-16,18-20H,2,6,10-11H2,1H3. The smallest absolute Gasteiger partial charge is 0.0360 e. The van der Waals surface area contributed by atoms with E-state index in [1.165, 1.54) is 35.6 Å². The minimum absolute atomic E-state index is 0.557. The quantitative estimate of drug-likeness (QED) is 0.856. The van der Waals surface area contributed by atoms with Crippen LogP contribution < -0.4 is 5.32 Å². The van der Waals surface area contributed by atoms with Crippen LogP contribution in [0, 0.1) is 17.8 Å². The first-order chi connectivity index (χ1) is 9.90. The lowest BCUT2D eigenvalue weighted by Crippen LogP contribution is -2.24. The summed E-state index contributed by atoms with van der Waals surface area (Å²) in [6.07, 6.45) is 4.38. The summed E-state index contributed by atoms with van der Waals surface area (Å²) in [5.41, 5.74) is 1.52. The summed E-state index contributed by atoms with van der Waals surface area (Å²) in [6.45, 7) is 3.29. The zero-order valence-electron chi connectivity index (χ0n) is 12.2. The maximum atomic E-state index is 3.78. The predicted octanol–water partition coefficient (Wildman–Crippen LogP) is 4.54. The van der Waals surface area contributed by atoms with Crippen LogP contribution in [0.3, 0.4) is 0 Å². The van der Waals surface area contributed by atoms with Crippen molar-refractivity contribution in [2.45, 2.75) is 32.2 Å². The van der Waals surface area contributed by atoms with Crippen molar-refractivity contribution in [1.82, 2.24) is 5.32 Å². The minimum Gasteiger partial charge on any atom is -0.310 e. The Hall–Kier alpha value is -1.34. The van der Waals surface area contributed by atoms with Crippen LogP contribution in [-0.4, -0.2) is 6.54 Å². The molecular weight excluding hydrogens is 242 g/mol. The highest BCUT2D eigenvalue weighted by atomic mass is 14.9. The molecule has 2 aliphatic rings. The molecule has 104 valence electrons. The summed E-state index contributed by atoms with van der Waals surface area (Å²) in [6, 6.07) is 16.2. The van der Waals surface area contributed by atoms with Gasteiger partial charge in [0.1, 0.15) is 0 Å². The molecule has 0 heterocycles. The van der Waals surface area contributed by atoms with Gasteiger partial charge in [-0.15, -0.1) is 0 Å². The van der Waals surface area contributed by atoms with Gasteiger partial charge in [-0.2, -0.15) is 0 Å². The molecule has 0 bridgehead atoms. The SMILES string of the molecule is CCNC(c1cccc2ccccc12)C1C2CCCC21. The van der Waals surface area contributed by atoms with Gasteiger partial charge >= 0.3 is 0 Å². The normalized spacial score (nSPS) is 29.4. The molecule has 1 N–H and O–H groups in total. The molecule has 2 fully saturated rings. The highest BCUT2D eigenvalue weighted by Crippen LogP contribution is 2.62. The van der Waals surface area contributed by atoms with Crippen LogP contribution in [0.15, 0.2) is 42.5 Å². The van der Waals surface area contributed by atoms with E-state index in [1.807, 2.05) is 0 Å². The summed E-state index contributed by atoms with van der Waals surface area (Å²) in [4.78, 5) is 0. The van der Waals surface area contributed by atoms with Crippen molar-refractivity contribution in [3.05, 3.63) is 48.0 Å². The zero-order chi connectivity index (χ0) is 13.5. The maximum Gasteiger partial charge on any atom is 0.0360 e. The van der Waals surface area contributed by atoms with Crippen molar-refractivity contribution in [1.29, 1.82) is 0 Å². The van der Waals surface area contributed by atoms with Crippen molar-refractivity contribution < 1.29 is 0 Å². The molecule has 2 aliphatic carbocycles. The zero-order valence-corrected chi connectivity index (χ0v) is 12.2. The summed E-state index contributed by atoms with van der Waals surface area (Å²) < 4.78 is 0. The fourth-order valence-corrected chi connectivity index (χ4v) is 4.57. The number of hydrogen-bond acceptors (Lipinski definition) is 1. The average molecular weight is 265 g/mol. The Labute approximate surface area is 121 Å². The number of rotatable bonds is 4. The Bertz CT molecular complexity index is 603. The van der Waals surface area contributed by atoms with Gasteiger partial charge in [0.05, 0.1) is 0 Å². The Kier molecular flexibility index (Phi) is 3.03. The van der Waals surface area contributed by atoms with Gasteiger partial charge in [-0.1, -0.05) is 55.8 Å². The monoisotopic (exact) mass is 265 g/mol. The molecule has 0 saturated heterocycles. The molecule has 2 saturated carbocycles. The van der Waals surface area contributed by atoms with Crippen molar-refractivity contribution in [2.75, 3.05) is 6.54 Å². The Morgan fingerprint density at radius 1 is 1.05 bits per heavy atom. The molecule has 0 aliphatic heterocycles. The van der Waals surface area contributed by atoms with Crippen molar-refractivity contribution in [2.24, 2.45) is 17.8 Å². The molecular formula is C19H23N. The molecule has 0 amide bonds. The maximum absolute atomic E-state index is 3.78. The molecule has 2 aromatic rings. The van der Waals surface area contributed by atoms with E-state index in [0.29, 0.717) is 6.04 Å². The van der Waals surface area contributed by atoms with Gasteiger partial charge in [-0.3, -0.25) is 0 Å². The van der Waals surface area contributed by atoms with E-state index in [9.17, 15) is 0 Å². The third kappa shape index (κ3) is 1.88. The number of fused-ring (bicyclic) bond motifs is 2. The van der Waals surface area contributed by atoms with Gasteiger partial charge in [0.15, 0.2) is 0 Å². The summed E-state index contributed by atoms with van der Waals surface area (Å²) in [5.74, 6) is 2.88. The van der Waals surface area contributed by atoms with Crippen LogP contribution in [0.25, 0.3) is 10.8 Å². The Balaban J connectivity index is 1.75. The van der Waals surface area contributed by atoms with Crippen LogP contribution in [0.2, 0.25) is 0 Å². The number of hydrogen-bond donors (Lipinski definition) is 1. The van der Waals surface area contributed by atoms with Crippen molar-refractivity contribution in [3.63, 3.8) is 0 Å². The van der Waals surface area contributed by atoms with E-state index >= 15 is 0 Å². The van der Waals surface area contributed by atoms with Crippen molar-refractivity contribution in [3.8, 4) is 0 Å². The number of benzene rings is 2. The van der Waals surface area contributed by atoms with E-state index in [0.717, 1.165) is 24.3 Å². The van der Waals surface area contributed by atoms with Gasteiger partial charge in [0, 0.05) is 6.04 Å². The molecule has 0 spiro atoms. The van der Waals surface area contributed by atoms with Crippen LogP contribution in [-0.2, 0) is 0 Å². The van der Waals surface area contributed by atoms with E-state index in [2.05, 4.69) is 54.7 Å². The Morgan fingerprint density at radius 3 is 2.60 bits per heavy atom. The first-order valence-corrected chi connectivity index (χ1v) is 8.11. The lowest BCUT2D eigenvalue weighted by Gasteiger charge is -2.22. The molecule has 1 nitrogen and oxygen atoms in total. The van der Waals surface area contributed by atoms with Gasteiger partial charge in [-0.25, -0.2) is 0 Å². The summed E-state index contributed by atoms with van der Waals surface area (Å²) in [7, 11) is 0. The largest absolute Gasteiger partial charge is 0.310 e. The third-order valence-corrected chi connectivity index (χ3v) is 5.44. The fourth-order valence-electron chi connectivity index (χ4n) is 4.57. The van der Waals surface area contributed by atoms with E-state index in [-0.39, 0.29) is 0 Å². The number of nitrogens with one attached hydrogen (secondary N) is 1. The molecule has 0 aromatic heterocycles. The lowest BCUT2D eigenvalue weighted by atomic mass is 9.92. The molecule has 1 heteroatoms. The molecule has 2 aromatic carbocycles. The average Bonchev–Trinajstić information content (AvgIpc) is 2.95. The summed E-state index contributed by atoms with van der Waals surface area (Å²) in [5, 5.41) is 6.59. The molecule has 0 radical (unpaired) electrons. The minimum atomic E-state index is 0.557. The molecule has 3 unspecified atom stereocenters. The predicted molar refractivity (Wildman–Crippen MR) is 84.7 cm³/mol. The first-order valence-electron chi connectivity index (χ1n) is 8.11. The van der Waals surface area contributed by atoms with Gasteiger partial charge in [0.25, 0.3) is 0 Å². The molecule has 20 heavy (non-hydrogen) atoms. The second-order valence-electron chi connectivity index (χ2n) is 6.44. The van der Waals surface area contributed by atoms with E-state index < -0.39 is 0 Å². The third-order valence-electron chi connectivity index (χ3n) is 5.44. The highest BCUT2D eigenvalue weighted by molar-refractivity contribution is 5.86. The van der Waals surface area contributed by atoms with Gasteiger partial charge in [0.2, 0.25) is 0 Å². The van der Waals surface area contributed by atoms with Crippen LogP contribution in [0.1, 0.15) is 37.8 Å². The van der Waals surface area contributed by atoms with Gasteiger partial charge in [-0.05, 0) is 53.5 Å². The van der Waals surface area contributed by atoms with Crippen LogP contribution >= 0.6 is 0 Å². The molecule has 4 rings (SSSR count). The summed E-state index contributed by atoms with van der Waals surface area (Å²) >= 11 is 0. The van der Waals surface area contributed by atoms with Crippen molar-refractivity contribution >= 4 is 10.8 Å². The van der Waals surface area contributed by atoms with E-state index in [1.54, 1.807) is 0 Å². The van der Waals surface area contributed by atoms with E-state index in [4.69, 9.17) is 0 Å².